The van der Waals surface area contributed by atoms with Crippen LogP contribution in [-0.2, 0) is 20.8 Å². The van der Waals surface area contributed by atoms with Gasteiger partial charge in [-0.1, -0.05) is 27.7 Å². The maximum absolute atomic E-state index is 12.9. The molecule has 0 unspecified atom stereocenters. The molecule has 0 spiro atoms. The second-order valence-corrected chi connectivity index (χ2v) is 8.28. The Balaban J connectivity index is 2.05. The van der Waals surface area contributed by atoms with Crippen molar-refractivity contribution in [3.63, 3.8) is 0 Å². The van der Waals surface area contributed by atoms with E-state index in [1.54, 1.807) is 23.8 Å². The number of hydrogen-bond donors (Lipinski definition) is 1. The predicted molar refractivity (Wildman–Crippen MR) is 115 cm³/mol. The zero-order chi connectivity index (χ0) is 20.5. The fraction of sp³-hybridized carbons (Fsp3) is 0.526. The minimum atomic E-state index is -0.142. The van der Waals surface area contributed by atoms with E-state index in [2.05, 4.69) is 26.2 Å². The third-order valence-electron chi connectivity index (χ3n) is 3.83. The fourth-order valence-electron chi connectivity index (χ4n) is 2.46. The van der Waals surface area contributed by atoms with E-state index in [0.29, 0.717) is 42.4 Å². The smallest absolute Gasteiger partial charge is 0.262 e. The van der Waals surface area contributed by atoms with Gasteiger partial charge in [-0.3, -0.25) is 14.2 Å². The second kappa shape index (κ2) is 11.5. The molecule has 1 aromatic heterocycles. The molecule has 0 radical (unpaired) electrons. The van der Waals surface area contributed by atoms with Crippen molar-refractivity contribution >= 4 is 44.5 Å². The van der Waals surface area contributed by atoms with Gasteiger partial charge >= 0.3 is 0 Å². The fourth-order valence-corrected chi connectivity index (χ4v) is 3.68. The summed E-state index contributed by atoms with van der Waals surface area (Å²) in [4.78, 5) is 29.6. The summed E-state index contributed by atoms with van der Waals surface area (Å²) in [5, 5.41) is 3.90. The first kappa shape index (κ1) is 22.9. The Morgan fingerprint density at radius 3 is 2.86 bits per heavy atom. The Kier molecular flexibility index (Phi) is 9.43. The summed E-state index contributed by atoms with van der Waals surface area (Å²) in [6.45, 7) is 5.89. The first-order valence-corrected chi connectivity index (χ1v) is 10.9. The molecule has 0 atom stereocenters. The topological polar surface area (TPSA) is 82.4 Å². The molecule has 1 amide bonds. The number of carbonyl (C=O) groups excluding carboxylic acids is 1. The van der Waals surface area contributed by atoms with Crippen LogP contribution in [0, 0.1) is 0 Å². The zero-order valence-corrected chi connectivity index (χ0v) is 18.8. The lowest BCUT2D eigenvalue weighted by atomic mass is 10.2. The van der Waals surface area contributed by atoms with Gasteiger partial charge in [-0.25, -0.2) is 4.98 Å². The molecule has 0 aliphatic heterocycles. The number of ether oxygens (including phenoxy) is 2. The molecule has 2 rings (SSSR count). The molecule has 0 fully saturated rings. The van der Waals surface area contributed by atoms with Gasteiger partial charge < -0.3 is 14.8 Å². The summed E-state index contributed by atoms with van der Waals surface area (Å²) in [6, 6.07) is 5.39. The molecular weight excluding hydrogens is 446 g/mol. The lowest BCUT2D eigenvalue weighted by Gasteiger charge is -2.13. The molecule has 154 valence electrons. The number of carbonyl (C=O) groups is 1. The molecule has 28 heavy (non-hydrogen) atoms. The molecule has 1 aromatic carbocycles. The minimum Gasteiger partial charge on any atom is -0.383 e. The van der Waals surface area contributed by atoms with Crippen LogP contribution >= 0.6 is 27.7 Å². The Hall–Kier alpha value is -1.42. The van der Waals surface area contributed by atoms with Crippen LogP contribution in [0.1, 0.15) is 20.3 Å². The van der Waals surface area contributed by atoms with Crippen LogP contribution in [0.25, 0.3) is 10.9 Å². The Morgan fingerprint density at radius 1 is 1.36 bits per heavy atom. The minimum absolute atomic E-state index is 0.0991. The highest BCUT2D eigenvalue weighted by Gasteiger charge is 2.13. The number of rotatable bonds is 11. The molecule has 7 nitrogen and oxygen atoms in total. The van der Waals surface area contributed by atoms with Crippen molar-refractivity contribution in [2.24, 2.45) is 0 Å². The first-order chi connectivity index (χ1) is 13.4. The van der Waals surface area contributed by atoms with Gasteiger partial charge in [0.15, 0.2) is 5.16 Å². The Labute approximate surface area is 177 Å². The van der Waals surface area contributed by atoms with Crippen LogP contribution in [0.5, 0.6) is 0 Å². The summed E-state index contributed by atoms with van der Waals surface area (Å²) in [6.07, 6.45) is 0.950. The monoisotopic (exact) mass is 471 g/mol. The highest BCUT2D eigenvalue weighted by Crippen LogP contribution is 2.20. The average molecular weight is 472 g/mol. The van der Waals surface area contributed by atoms with E-state index in [1.165, 1.54) is 11.8 Å². The number of methoxy groups -OCH3 is 1. The standard InChI is InChI=1S/C19H26BrN3O4S/c1-13(2)27-9-4-7-21-17(24)12-28-19-22-16-6-5-14(20)11-15(16)18(25)23(19)8-10-26-3/h5-6,11,13H,4,7-10,12H2,1-3H3,(H,21,24). The van der Waals surface area contributed by atoms with Crippen molar-refractivity contribution in [2.45, 2.75) is 38.1 Å². The summed E-state index contributed by atoms with van der Waals surface area (Å²) in [5.41, 5.74) is 0.465. The normalized spacial score (nSPS) is 11.3. The van der Waals surface area contributed by atoms with Gasteiger partial charge in [0.1, 0.15) is 0 Å². The third kappa shape index (κ3) is 6.88. The van der Waals surface area contributed by atoms with Gasteiger partial charge in [-0.05, 0) is 38.5 Å². The molecule has 0 saturated carbocycles. The number of halogens is 1. The summed E-state index contributed by atoms with van der Waals surface area (Å²) < 4.78 is 12.9. The lowest BCUT2D eigenvalue weighted by molar-refractivity contribution is -0.118. The number of amides is 1. The van der Waals surface area contributed by atoms with Crippen LogP contribution in [0.3, 0.4) is 0 Å². The largest absolute Gasteiger partial charge is 0.383 e. The molecular formula is C19H26BrN3O4S. The number of nitrogens with one attached hydrogen (secondary N) is 1. The number of thioether (sulfide) groups is 1. The molecule has 1 N–H and O–H groups in total. The molecule has 9 heteroatoms. The van der Waals surface area contributed by atoms with E-state index in [1.807, 2.05) is 19.9 Å². The Morgan fingerprint density at radius 2 is 2.14 bits per heavy atom. The van der Waals surface area contributed by atoms with Gasteiger partial charge in [-0.15, -0.1) is 0 Å². The third-order valence-corrected chi connectivity index (χ3v) is 5.30. The van der Waals surface area contributed by atoms with E-state index >= 15 is 0 Å². The highest BCUT2D eigenvalue weighted by atomic mass is 79.9. The van der Waals surface area contributed by atoms with Gasteiger partial charge in [-0.2, -0.15) is 0 Å². The lowest BCUT2D eigenvalue weighted by Crippen LogP contribution is -2.29. The second-order valence-electron chi connectivity index (χ2n) is 6.42. The van der Waals surface area contributed by atoms with Crippen molar-refractivity contribution in [3.05, 3.63) is 33.0 Å². The molecule has 0 aliphatic rings. The number of hydrogen-bond acceptors (Lipinski definition) is 6. The SMILES string of the molecule is COCCn1c(SCC(=O)NCCCOC(C)C)nc2ccc(Br)cc2c1=O. The van der Waals surface area contributed by atoms with E-state index in [-0.39, 0.29) is 23.3 Å². The van der Waals surface area contributed by atoms with Crippen LogP contribution < -0.4 is 10.9 Å². The van der Waals surface area contributed by atoms with Gasteiger partial charge in [0.05, 0.1) is 35.9 Å². The van der Waals surface area contributed by atoms with E-state index in [9.17, 15) is 9.59 Å². The van der Waals surface area contributed by atoms with Gasteiger partial charge in [0.2, 0.25) is 5.91 Å². The Bertz CT molecular complexity index is 857. The summed E-state index contributed by atoms with van der Waals surface area (Å²) in [7, 11) is 1.58. The van der Waals surface area contributed by atoms with Crippen LogP contribution in [-0.4, -0.2) is 54.2 Å². The van der Waals surface area contributed by atoms with Gasteiger partial charge in [0.25, 0.3) is 5.56 Å². The number of fused-ring (bicyclic) bond motifs is 1. The number of benzene rings is 1. The maximum Gasteiger partial charge on any atom is 0.262 e. The van der Waals surface area contributed by atoms with E-state index in [4.69, 9.17) is 9.47 Å². The van der Waals surface area contributed by atoms with Crippen molar-refractivity contribution in [3.8, 4) is 0 Å². The van der Waals surface area contributed by atoms with E-state index in [0.717, 1.165) is 10.9 Å². The van der Waals surface area contributed by atoms with Gasteiger partial charge in [0, 0.05) is 24.7 Å². The van der Waals surface area contributed by atoms with E-state index < -0.39 is 0 Å². The van der Waals surface area contributed by atoms with Crippen molar-refractivity contribution in [2.75, 3.05) is 32.6 Å². The first-order valence-electron chi connectivity index (χ1n) is 9.12. The number of aromatic nitrogens is 2. The van der Waals surface area contributed by atoms with Crippen LogP contribution in [0.4, 0.5) is 0 Å². The predicted octanol–water partition coefficient (Wildman–Crippen LogP) is 2.83. The quantitative estimate of drug-likeness (QED) is 0.308. The average Bonchev–Trinajstić information content (AvgIpc) is 2.66. The molecule has 1 heterocycles. The molecule has 0 aliphatic carbocycles. The molecule has 0 bridgehead atoms. The van der Waals surface area contributed by atoms with Crippen molar-refractivity contribution < 1.29 is 14.3 Å². The van der Waals surface area contributed by atoms with Crippen LogP contribution in [0.2, 0.25) is 0 Å². The maximum atomic E-state index is 12.9. The highest BCUT2D eigenvalue weighted by molar-refractivity contribution is 9.10. The van der Waals surface area contributed by atoms with Crippen molar-refractivity contribution in [1.29, 1.82) is 0 Å². The number of nitrogens with zero attached hydrogens (tertiary/aromatic N) is 2. The molecule has 0 saturated heterocycles. The zero-order valence-electron chi connectivity index (χ0n) is 16.4. The molecule has 2 aromatic rings. The van der Waals surface area contributed by atoms with Crippen molar-refractivity contribution in [1.82, 2.24) is 14.9 Å². The van der Waals surface area contributed by atoms with Crippen LogP contribution in [0.15, 0.2) is 32.6 Å². The summed E-state index contributed by atoms with van der Waals surface area (Å²) in [5.74, 6) is 0.0879. The summed E-state index contributed by atoms with van der Waals surface area (Å²) >= 11 is 4.64.